The molecule has 84 valence electrons. The maximum absolute atomic E-state index is 11.4. The molecule has 0 saturated carbocycles. The van der Waals surface area contributed by atoms with E-state index < -0.39 is 0 Å². The van der Waals surface area contributed by atoms with Crippen LogP contribution in [0.1, 0.15) is 23.0 Å². The van der Waals surface area contributed by atoms with Gasteiger partial charge in [-0.3, -0.25) is 9.78 Å². The summed E-state index contributed by atoms with van der Waals surface area (Å²) < 4.78 is 6.45. The van der Waals surface area contributed by atoms with E-state index in [9.17, 15) is 4.79 Å². The van der Waals surface area contributed by atoms with Crippen LogP contribution < -0.4 is 0 Å². The Morgan fingerprint density at radius 3 is 3.19 bits per heavy atom. The Labute approximate surface area is 91.4 Å². The fourth-order valence-electron chi connectivity index (χ4n) is 1.24. The molecule has 0 amide bonds. The highest BCUT2D eigenvalue weighted by Gasteiger charge is 2.09. The van der Waals surface area contributed by atoms with Crippen LogP contribution in [-0.4, -0.2) is 37.8 Å². The van der Waals surface area contributed by atoms with Gasteiger partial charge in [0, 0.05) is 12.4 Å². The molecule has 2 heterocycles. The van der Waals surface area contributed by atoms with E-state index >= 15 is 0 Å². The number of carbonyl (C=O) groups is 1. The fraction of sp³-hybridized carbons (Fsp3) is 0.333. The fourth-order valence-corrected chi connectivity index (χ4v) is 1.24. The number of H-pyrrole nitrogens is 1. The van der Waals surface area contributed by atoms with Crippen LogP contribution in [-0.2, 0) is 11.3 Å². The first-order valence-corrected chi connectivity index (χ1v) is 4.84. The maximum atomic E-state index is 11.4. The van der Waals surface area contributed by atoms with E-state index in [2.05, 4.69) is 20.5 Å². The molecule has 0 bridgehead atoms. The lowest BCUT2D eigenvalue weighted by Crippen LogP contribution is -2.04. The first-order chi connectivity index (χ1) is 7.79. The van der Waals surface area contributed by atoms with Crippen LogP contribution in [0, 0.1) is 0 Å². The second kappa shape index (κ2) is 4.56. The maximum Gasteiger partial charge on any atom is 0.341 e. The molecule has 1 N–H and O–H groups in total. The Kier molecular flexibility index (Phi) is 2.95. The van der Waals surface area contributed by atoms with Crippen molar-refractivity contribution in [2.75, 3.05) is 6.61 Å². The van der Waals surface area contributed by atoms with Gasteiger partial charge in [-0.1, -0.05) is 5.21 Å². The Bertz CT molecular complexity index is 462. The zero-order chi connectivity index (χ0) is 11.4. The zero-order valence-corrected chi connectivity index (χ0v) is 8.75. The summed E-state index contributed by atoms with van der Waals surface area (Å²) in [6, 6.07) is 0. The third kappa shape index (κ3) is 2.25. The number of hydrogen-bond acceptors (Lipinski definition) is 5. The number of rotatable bonds is 4. The number of aromatic amines is 1. The summed E-state index contributed by atoms with van der Waals surface area (Å²) in [7, 11) is 0. The molecule has 0 saturated heterocycles. The number of nitrogens with zero attached hydrogens (tertiary/aromatic N) is 4. The average molecular weight is 221 g/mol. The van der Waals surface area contributed by atoms with Gasteiger partial charge in [0.05, 0.1) is 24.9 Å². The van der Waals surface area contributed by atoms with Gasteiger partial charge in [0.1, 0.15) is 5.69 Å². The van der Waals surface area contributed by atoms with Gasteiger partial charge < -0.3 is 4.74 Å². The third-order valence-corrected chi connectivity index (χ3v) is 1.94. The smallest absolute Gasteiger partial charge is 0.341 e. The molecule has 7 nitrogen and oxygen atoms in total. The van der Waals surface area contributed by atoms with Crippen LogP contribution in [0.4, 0.5) is 0 Å². The summed E-state index contributed by atoms with van der Waals surface area (Å²) in [4.78, 5) is 11.4. The lowest BCUT2D eigenvalue weighted by atomic mass is 10.4. The highest BCUT2D eigenvalue weighted by Crippen LogP contribution is 2.02. The summed E-state index contributed by atoms with van der Waals surface area (Å²) >= 11 is 0. The Morgan fingerprint density at radius 2 is 2.50 bits per heavy atom. The SMILES string of the molecule is CCOC(=O)c1cnn(Cc2c[nH]nn2)c1. The van der Waals surface area contributed by atoms with Crippen molar-refractivity contribution in [1.82, 2.24) is 25.2 Å². The van der Waals surface area contributed by atoms with Gasteiger partial charge in [0.25, 0.3) is 0 Å². The van der Waals surface area contributed by atoms with E-state index in [1.165, 1.54) is 6.20 Å². The van der Waals surface area contributed by atoms with Crippen LogP contribution in [0.15, 0.2) is 18.6 Å². The van der Waals surface area contributed by atoms with Crippen molar-refractivity contribution >= 4 is 5.97 Å². The van der Waals surface area contributed by atoms with Crippen molar-refractivity contribution in [1.29, 1.82) is 0 Å². The number of aromatic nitrogens is 5. The van der Waals surface area contributed by atoms with E-state index in [1.807, 2.05) is 0 Å². The molecule has 0 aliphatic carbocycles. The largest absolute Gasteiger partial charge is 0.462 e. The van der Waals surface area contributed by atoms with E-state index in [4.69, 9.17) is 4.74 Å². The minimum atomic E-state index is -0.367. The van der Waals surface area contributed by atoms with Crippen molar-refractivity contribution in [2.45, 2.75) is 13.5 Å². The molecule has 2 rings (SSSR count). The Morgan fingerprint density at radius 1 is 1.62 bits per heavy atom. The molecule has 0 aliphatic rings. The lowest BCUT2D eigenvalue weighted by Gasteiger charge is -1.97. The lowest BCUT2D eigenvalue weighted by molar-refractivity contribution is 0.0526. The highest BCUT2D eigenvalue weighted by atomic mass is 16.5. The second-order valence-electron chi connectivity index (χ2n) is 3.11. The van der Waals surface area contributed by atoms with Crippen molar-refractivity contribution in [3.05, 3.63) is 29.8 Å². The predicted octanol–water partition coefficient (Wildman–Crippen LogP) is 0.226. The number of ether oxygens (including phenoxy) is 1. The summed E-state index contributed by atoms with van der Waals surface area (Å²) in [6.07, 6.45) is 4.76. The van der Waals surface area contributed by atoms with Gasteiger partial charge in [-0.2, -0.15) is 5.10 Å². The van der Waals surface area contributed by atoms with E-state index in [0.717, 1.165) is 5.69 Å². The molecule has 0 radical (unpaired) electrons. The van der Waals surface area contributed by atoms with Gasteiger partial charge in [-0.15, -0.1) is 5.10 Å². The standard InChI is InChI=1S/C9H11N5O2/c1-2-16-9(15)7-3-11-14(5-7)6-8-4-10-13-12-8/h3-5H,2,6H2,1H3,(H,10,12,13). The Balaban J connectivity index is 2.05. The van der Waals surface area contributed by atoms with Crippen molar-refractivity contribution < 1.29 is 9.53 Å². The minimum absolute atomic E-state index is 0.354. The van der Waals surface area contributed by atoms with Crippen LogP contribution in [0.25, 0.3) is 0 Å². The second-order valence-corrected chi connectivity index (χ2v) is 3.11. The van der Waals surface area contributed by atoms with Crippen LogP contribution >= 0.6 is 0 Å². The topological polar surface area (TPSA) is 85.7 Å². The van der Waals surface area contributed by atoms with Crippen LogP contribution in [0.3, 0.4) is 0 Å². The van der Waals surface area contributed by atoms with Crippen LogP contribution in [0.5, 0.6) is 0 Å². The molecule has 0 atom stereocenters. The number of carbonyl (C=O) groups excluding carboxylic acids is 1. The third-order valence-electron chi connectivity index (χ3n) is 1.94. The van der Waals surface area contributed by atoms with Gasteiger partial charge in [0.2, 0.25) is 0 Å². The summed E-state index contributed by atoms with van der Waals surface area (Å²) in [5.74, 6) is -0.367. The first kappa shape index (κ1) is 10.3. The molecule has 2 aromatic heterocycles. The number of nitrogens with one attached hydrogen (secondary N) is 1. The monoisotopic (exact) mass is 221 g/mol. The van der Waals surface area contributed by atoms with Crippen molar-refractivity contribution in [2.24, 2.45) is 0 Å². The van der Waals surface area contributed by atoms with Gasteiger partial charge in [-0.25, -0.2) is 4.79 Å². The summed E-state index contributed by atoms with van der Waals surface area (Å²) in [5.41, 5.74) is 1.18. The van der Waals surface area contributed by atoms with Crippen LogP contribution in [0.2, 0.25) is 0 Å². The van der Waals surface area contributed by atoms with Crippen molar-refractivity contribution in [3.63, 3.8) is 0 Å². The molecule has 0 spiro atoms. The van der Waals surface area contributed by atoms with E-state index in [0.29, 0.717) is 18.7 Å². The molecule has 0 fully saturated rings. The molecule has 16 heavy (non-hydrogen) atoms. The highest BCUT2D eigenvalue weighted by molar-refractivity contribution is 5.88. The van der Waals surface area contributed by atoms with E-state index in [-0.39, 0.29) is 5.97 Å². The van der Waals surface area contributed by atoms with Gasteiger partial charge >= 0.3 is 5.97 Å². The molecule has 0 unspecified atom stereocenters. The van der Waals surface area contributed by atoms with Gasteiger partial charge in [0.15, 0.2) is 0 Å². The van der Waals surface area contributed by atoms with Gasteiger partial charge in [-0.05, 0) is 6.92 Å². The average Bonchev–Trinajstić information content (AvgIpc) is 2.90. The molecular formula is C9H11N5O2. The molecular weight excluding hydrogens is 210 g/mol. The van der Waals surface area contributed by atoms with Crippen molar-refractivity contribution in [3.8, 4) is 0 Å². The summed E-state index contributed by atoms with van der Waals surface area (Å²) in [6.45, 7) is 2.58. The zero-order valence-electron chi connectivity index (χ0n) is 8.75. The quantitative estimate of drug-likeness (QED) is 0.747. The first-order valence-electron chi connectivity index (χ1n) is 4.84. The molecule has 0 aliphatic heterocycles. The Hall–Kier alpha value is -2.18. The molecule has 2 aromatic rings. The molecule has 0 aromatic carbocycles. The normalized spacial score (nSPS) is 10.3. The van der Waals surface area contributed by atoms with E-state index in [1.54, 1.807) is 24.0 Å². The predicted molar refractivity (Wildman–Crippen MR) is 53.7 cm³/mol. The number of hydrogen-bond donors (Lipinski definition) is 1. The molecule has 7 heteroatoms. The minimum Gasteiger partial charge on any atom is -0.462 e. The summed E-state index contributed by atoms with van der Waals surface area (Å²) in [5, 5.41) is 14.0. The number of esters is 1.